The monoisotopic (exact) mass is 477 g/mol. The Morgan fingerprint density at radius 3 is 2.12 bits per heavy atom. The van der Waals surface area contributed by atoms with Crippen molar-refractivity contribution in [2.24, 2.45) is 0 Å². The molecule has 1 fully saturated rings. The fourth-order valence-corrected chi connectivity index (χ4v) is 4.93. The second kappa shape index (κ2) is 9.99. The summed E-state index contributed by atoms with van der Waals surface area (Å²) in [7, 11) is -3.07. The summed E-state index contributed by atoms with van der Waals surface area (Å²) in [5.41, 5.74) is 0.0495. The Labute approximate surface area is 191 Å². The van der Waals surface area contributed by atoms with E-state index in [0.717, 1.165) is 24.3 Å². The van der Waals surface area contributed by atoms with Crippen molar-refractivity contribution in [2.75, 3.05) is 33.3 Å². The van der Waals surface area contributed by atoms with Gasteiger partial charge in [0.25, 0.3) is 11.8 Å². The van der Waals surface area contributed by atoms with Crippen LogP contribution >= 0.6 is 0 Å². The molecule has 1 aliphatic heterocycles. The van der Waals surface area contributed by atoms with Gasteiger partial charge in [-0.1, -0.05) is 12.1 Å². The predicted molar refractivity (Wildman–Crippen MR) is 117 cm³/mol. The number of hydrogen-bond acceptors (Lipinski definition) is 6. The van der Waals surface area contributed by atoms with E-state index in [-0.39, 0.29) is 48.3 Å². The Kier molecular flexibility index (Phi) is 7.32. The smallest absolute Gasteiger partial charge is 0.261 e. The molecule has 3 amide bonds. The molecular formula is C22H24FN3O6S. The molecule has 2 aromatic carbocycles. The lowest BCUT2D eigenvalue weighted by atomic mass is 10.2. The van der Waals surface area contributed by atoms with Crippen molar-refractivity contribution in [2.45, 2.75) is 17.2 Å². The number of nitrogens with zero attached hydrogens (tertiary/aromatic N) is 2. The SMILES string of the molecule is COc1ccccc1C(=O)N[C@H](C(=O)N1CCN(C(C)=O)CC1)S(=O)(=O)c1ccc(F)cc1. The maximum absolute atomic E-state index is 13.4. The van der Waals surface area contributed by atoms with Crippen LogP contribution in [0.3, 0.4) is 0 Å². The Balaban J connectivity index is 1.94. The molecule has 0 spiro atoms. The molecule has 1 N–H and O–H groups in total. The van der Waals surface area contributed by atoms with Crippen molar-refractivity contribution in [1.82, 2.24) is 15.1 Å². The minimum atomic E-state index is -4.43. The lowest BCUT2D eigenvalue weighted by Gasteiger charge is -2.36. The van der Waals surface area contributed by atoms with Crippen molar-refractivity contribution >= 4 is 27.6 Å². The largest absolute Gasteiger partial charge is 0.496 e. The van der Waals surface area contributed by atoms with Crippen LogP contribution in [0.2, 0.25) is 0 Å². The minimum absolute atomic E-state index is 0.0495. The number of rotatable bonds is 6. The van der Waals surface area contributed by atoms with E-state index in [4.69, 9.17) is 4.74 Å². The van der Waals surface area contributed by atoms with Crippen molar-refractivity contribution in [1.29, 1.82) is 0 Å². The van der Waals surface area contributed by atoms with Crippen molar-refractivity contribution < 1.29 is 31.9 Å². The van der Waals surface area contributed by atoms with Crippen LogP contribution in [-0.4, -0.2) is 74.6 Å². The highest BCUT2D eigenvalue weighted by Gasteiger charge is 2.39. The van der Waals surface area contributed by atoms with Gasteiger partial charge in [-0.2, -0.15) is 0 Å². The molecule has 2 aromatic rings. The highest BCUT2D eigenvalue weighted by Crippen LogP contribution is 2.21. The van der Waals surface area contributed by atoms with Crippen molar-refractivity contribution in [3.63, 3.8) is 0 Å². The Hall–Kier alpha value is -3.47. The third-order valence-corrected chi connectivity index (χ3v) is 7.20. The quantitative estimate of drug-likeness (QED) is 0.623. The molecule has 33 heavy (non-hydrogen) atoms. The number of sulfone groups is 1. The summed E-state index contributed by atoms with van der Waals surface area (Å²) >= 11 is 0. The summed E-state index contributed by atoms with van der Waals surface area (Å²) < 4.78 is 45.2. The first-order valence-electron chi connectivity index (χ1n) is 10.1. The minimum Gasteiger partial charge on any atom is -0.496 e. The number of carbonyl (C=O) groups is 3. The molecule has 11 heteroatoms. The lowest BCUT2D eigenvalue weighted by Crippen LogP contribution is -2.57. The van der Waals surface area contributed by atoms with Gasteiger partial charge in [0.15, 0.2) is 0 Å². The summed E-state index contributed by atoms with van der Waals surface area (Å²) in [6.45, 7) is 2.11. The molecule has 0 radical (unpaired) electrons. The normalized spacial score (nSPS) is 15.0. The van der Waals surface area contributed by atoms with Crippen molar-refractivity contribution in [3.05, 3.63) is 59.9 Å². The van der Waals surface area contributed by atoms with Crippen LogP contribution in [0.5, 0.6) is 5.75 Å². The van der Waals surface area contributed by atoms with Crippen LogP contribution in [-0.2, 0) is 19.4 Å². The first kappa shape index (κ1) is 24.2. The zero-order chi connectivity index (χ0) is 24.2. The van der Waals surface area contributed by atoms with E-state index in [1.54, 1.807) is 17.0 Å². The van der Waals surface area contributed by atoms with Gasteiger partial charge in [-0.05, 0) is 36.4 Å². The molecular weight excluding hydrogens is 453 g/mol. The topological polar surface area (TPSA) is 113 Å². The third-order valence-electron chi connectivity index (χ3n) is 5.33. The van der Waals surface area contributed by atoms with Gasteiger partial charge < -0.3 is 19.9 Å². The highest BCUT2D eigenvalue weighted by molar-refractivity contribution is 7.92. The standard InChI is InChI=1S/C22H24FN3O6S/c1-15(27)25-11-13-26(14-12-25)22(29)21(33(30,31)17-9-7-16(23)8-10-17)24-20(28)18-5-3-4-6-19(18)32-2/h3-10,21H,11-14H2,1-2H3,(H,24,28)/t21-/m0/s1. The molecule has 9 nitrogen and oxygen atoms in total. The molecule has 1 aliphatic rings. The maximum Gasteiger partial charge on any atom is 0.261 e. The number of hydrogen-bond donors (Lipinski definition) is 1. The van der Waals surface area contributed by atoms with Crippen LogP contribution in [0.25, 0.3) is 0 Å². The van der Waals surface area contributed by atoms with E-state index >= 15 is 0 Å². The van der Waals surface area contributed by atoms with Gasteiger partial charge in [-0.15, -0.1) is 0 Å². The molecule has 0 aliphatic carbocycles. The molecule has 176 valence electrons. The number of ether oxygens (including phenoxy) is 1. The second-order valence-corrected chi connectivity index (χ2v) is 9.42. The summed E-state index contributed by atoms with van der Waals surface area (Å²) in [6, 6.07) is 10.2. The van der Waals surface area contributed by atoms with Gasteiger partial charge in [0.05, 0.1) is 17.6 Å². The third kappa shape index (κ3) is 5.30. The Bertz CT molecular complexity index is 1140. The van der Waals surface area contributed by atoms with Crippen LogP contribution in [0.15, 0.2) is 53.4 Å². The van der Waals surface area contributed by atoms with Gasteiger partial charge >= 0.3 is 0 Å². The average molecular weight is 478 g/mol. The van der Waals surface area contributed by atoms with Gasteiger partial charge in [0.1, 0.15) is 11.6 Å². The van der Waals surface area contributed by atoms with Gasteiger partial charge in [-0.3, -0.25) is 14.4 Å². The van der Waals surface area contributed by atoms with Crippen molar-refractivity contribution in [3.8, 4) is 5.75 Å². The molecule has 1 saturated heterocycles. The molecule has 0 saturated carbocycles. The van der Waals surface area contributed by atoms with Gasteiger partial charge in [-0.25, -0.2) is 12.8 Å². The number of halogens is 1. The van der Waals surface area contributed by atoms with Crippen LogP contribution in [0.1, 0.15) is 17.3 Å². The summed E-state index contributed by atoms with van der Waals surface area (Å²) in [5, 5.41) is 0.366. The number of methoxy groups -OCH3 is 1. The van der Waals surface area contributed by atoms with E-state index in [0.29, 0.717) is 0 Å². The number of carbonyl (C=O) groups excluding carboxylic acids is 3. The molecule has 1 heterocycles. The van der Waals surface area contributed by atoms with E-state index in [2.05, 4.69) is 5.32 Å². The number of para-hydroxylation sites is 1. The fraction of sp³-hybridized carbons (Fsp3) is 0.318. The fourth-order valence-electron chi connectivity index (χ4n) is 3.47. The van der Waals surface area contributed by atoms with E-state index in [1.807, 2.05) is 0 Å². The summed E-state index contributed by atoms with van der Waals surface area (Å²) in [5.74, 6) is -2.25. The van der Waals surface area contributed by atoms with E-state index in [9.17, 15) is 27.2 Å². The first-order chi connectivity index (χ1) is 15.6. The number of piperazine rings is 1. The maximum atomic E-state index is 13.4. The predicted octanol–water partition coefficient (Wildman–Crippen LogP) is 1.05. The summed E-state index contributed by atoms with van der Waals surface area (Å²) in [4.78, 5) is 40.3. The van der Waals surface area contributed by atoms with Crippen LogP contribution in [0, 0.1) is 5.82 Å². The van der Waals surface area contributed by atoms with Gasteiger partial charge in [0, 0.05) is 33.1 Å². The van der Waals surface area contributed by atoms with E-state index < -0.39 is 32.8 Å². The molecule has 0 unspecified atom stereocenters. The molecule has 1 atom stereocenters. The molecule has 3 rings (SSSR count). The first-order valence-corrected chi connectivity index (χ1v) is 11.7. The Morgan fingerprint density at radius 1 is 0.970 bits per heavy atom. The lowest BCUT2D eigenvalue weighted by molar-refractivity contribution is -0.138. The van der Waals surface area contributed by atoms with Gasteiger partial charge in [0.2, 0.25) is 21.1 Å². The van der Waals surface area contributed by atoms with E-state index in [1.165, 1.54) is 31.1 Å². The molecule has 0 aromatic heterocycles. The summed E-state index contributed by atoms with van der Waals surface area (Å²) in [6.07, 6.45) is 0. The number of amides is 3. The Morgan fingerprint density at radius 2 is 1.55 bits per heavy atom. The van der Waals surface area contributed by atoms with Crippen LogP contribution < -0.4 is 10.1 Å². The van der Waals surface area contributed by atoms with Crippen LogP contribution in [0.4, 0.5) is 4.39 Å². The average Bonchev–Trinajstić information content (AvgIpc) is 2.82. The zero-order valence-corrected chi connectivity index (χ0v) is 19.0. The molecule has 0 bridgehead atoms. The zero-order valence-electron chi connectivity index (χ0n) is 18.2. The second-order valence-electron chi connectivity index (χ2n) is 7.38. The number of nitrogens with one attached hydrogen (secondary N) is 1. The number of benzene rings is 2. The highest BCUT2D eigenvalue weighted by atomic mass is 32.2.